The van der Waals surface area contributed by atoms with E-state index in [1.54, 1.807) is 29.6 Å². The van der Waals surface area contributed by atoms with Crippen molar-refractivity contribution in [3.63, 3.8) is 0 Å². The Morgan fingerprint density at radius 2 is 1.60 bits per heavy atom. The molecule has 0 fully saturated rings. The molecule has 1 heterocycles. The number of fused-ring (bicyclic) bond motifs is 1. The second-order valence-corrected chi connectivity index (χ2v) is 7.93. The number of ether oxygens (including phenoxy) is 1. The van der Waals surface area contributed by atoms with Crippen LogP contribution in [0.3, 0.4) is 0 Å². The van der Waals surface area contributed by atoms with Crippen LogP contribution in [0.4, 0.5) is 13.2 Å². The van der Waals surface area contributed by atoms with Crippen molar-refractivity contribution >= 4 is 33.7 Å². The summed E-state index contributed by atoms with van der Waals surface area (Å²) in [5.41, 5.74) is 3.74. The maximum absolute atomic E-state index is 13.2. The highest BCUT2D eigenvalue weighted by Gasteiger charge is 2.34. The second kappa shape index (κ2) is 7.95. The van der Waals surface area contributed by atoms with E-state index in [9.17, 15) is 13.2 Å². The van der Waals surface area contributed by atoms with Crippen LogP contribution >= 0.6 is 11.3 Å². The predicted octanol–water partition coefficient (Wildman–Crippen LogP) is 7.47. The molecule has 0 unspecified atom stereocenters. The fourth-order valence-electron chi connectivity index (χ4n) is 3.14. The van der Waals surface area contributed by atoms with Crippen LogP contribution in [-0.2, 0) is 6.18 Å². The number of thiazole rings is 1. The summed E-state index contributed by atoms with van der Waals surface area (Å²) < 4.78 is 45.5. The number of alkyl halides is 3. The highest BCUT2D eigenvalue weighted by Crippen LogP contribution is 2.37. The van der Waals surface area contributed by atoms with Gasteiger partial charge >= 0.3 is 6.18 Å². The molecule has 30 heavy (non-hydrogen) atoms. The van der Waals surface area contributed by atoms with Gasteiger partial charge < -0.3 is 4.74 Å². The van der Waals surface area contributed by atoms with Gasteiger partial charge in [0.05, 0.1) is 22.9 Å². The van der Waals surface area contributed by atoms with E-state index in [2.05, 4.69) is 18.0 Å². The first-order valence-corrected chi connectivity index (χ1v) is 10.1. The van der Waals surface area contributed by atoms with Crippen molar-refractivity contribution in [3.8, 4) is 16.3 Å². The Hall–Kier alpha value is -3.12. The number of hydrogen-bond donors (Lipinski definition) is 0. The minimum atomic E-state index is -4.47. The number of aryl methyl sites for hydroxylation is 1. The minimum absolute atomic E-state index is 0.185. The molecule has 0 saturated carbocycles. The van der Waals surface area contributed by atoms with Gasteiger partial charge in [-0.3, -0.25) is 0 Å². The Bertz CT molecular complexity index is 1220. The number of hydrogen-bond acceptors (Lipinski definition) is 3. The van der Waals surface area contributed by atoms with E-state index in [1.807, 2.05) is 36.4 Å². The molecule has 0 atom stereocenters. The Morgan fingerprint density at radius 3 is 2.30 bits per heavy atom. The van der Waals surface area contributed by atoms with Crippen LogP contribution in [0, 0.1) is 6.92 Å². The summed E-state index contributed by atoms with van der Waals surface area (Å²) in [7, 11) is 1.23. The standard InChI is InChI=1S/C24H18F3NOS/c1-15-3-11-20-22(13-15)30-23(28-20)18-9-6-16(7-10-18)4-5-17-8-12-21(29-2)19(14-17)24(25,26)27/h3-14H,1-2H3/b5-4+. The topological polar surface area (TPSA) is 22.1 Å². The number of aromatic nitrogens is 1. The molecule has 4 aromatic rings. The van der Waals surface area contributed by atoms with Gasteiger partial charge in [0.2, 0.25) is 0 Å². The first-order valence-electron chi connectivity index (χ1n) is 9.24. The zero-order valence-corrected chi connectivity index (χ0v) is 17.1. The van der Waals surface area contributed by atoms with Crippen molar-refractivity contribution in [3.05, 3.63) is 82.9 Å². The normalized spacial score (nSPS) is 12.0. The largest absolute Gasteiger partial charge is 0.496 e. The van der Waals surface area contributed by atoms with Crippen LogP contribution < -0.4 is 4.74 Å². The Balaban J connectivity index is 1.56. The zero-order valence-electron chi connectivity index (χ0n) is 16.3. The number of rotatable bonds is 4. The van der Waals surface area contributed by atoms with Crippen LogP contribution in [0.15, 0.2) is 60.7 Å². The molecule has 0 aliphatic heterocycles. The van der Waals surface area contributed by atoms with Crippen molar-refractivity contribution in [1.82, 2.24) is 4.98 Å². The van der Waals surface area contributed by atoms with E-state index in [4.69, 9.17) is 4.74 Å². The molecule has 3 aromatic carbocycles. The summed E-state index contributed by atoms with van der Waals surface area (Å²) in [4.78, 5) is 4.68. The summed E-state index contributed by atoms with van der Waals surface area (Å²) in [6, 6.07) is 18.0. The Kier molecular flexibility index (Phi) is 5.35. The fraction of sp³-hybridized carbons (Fsp3) is 0.125. The highest BCUT2D eigenvalue weighted by molar-refractivity contribution is 7.21. The number of halogens is 3. The molecular weight excluding hydrogens is 407 g/mol. The van der Waals surface area contributed by atoms with E-state index in [-0.39, 0.29) is 5.75 Å². The molecular formula is C24H18F3NOS. The van der Waals surface area contributed by atoms with Crippen molar-refractivity contribution in [2.75, 3.05) is 7.11 Å². The van der Waals surface area contributed by atoms with Gasteiger partial charge in [-0.25, -0.2) is 4.98 Å². The number of methoxy groups -OCH3 is 1. The molecule has 0 aliphatic carbocycles. The van der Waals surface area contributed by atoms with Gasteiger partial charge in [-0.1, -0.05) is 48.6 Å². The highest BCUT2D eigenvalue weighted by atomic mass is 32.1. The smallest absolute Gasteiger partial charge is 0.419 e. The maximum atomic E-state index is 13.2. The van der Waals surface area contributed by atoms with Crippen molar-refractivity contribution < 1.29 is 17.9 Å². The van der Waals surface area contributed by atoms with E-state index >= 15 is 0 Å². The third-order valence-electron chi connectivity index (χ3n) is 4.70. The summed E-state index contributed by atoms with van der Waals surface area (Å²) in [6.07, 6.45) is -1.02. The molecule has 152 valence electrons. The molecule has 0 amide bonds. The average molecular weight is 425 g/mol. The molecule has 0 aliphatic rings. The Morgan fingerprint density at radius 1 is 0.900 bits per heavy atom. The SMILES string of the molecule is COc1ccc(/C=C/c2ccc(-c3nc4ccc(C)cc4s3)cc2)cc1C(F)(F)F. The average Bonchev–Trinajstić information content (AvgIpc) is 3.15. The summed E-state index contributed by atoms with van der Waals surface area (Å²) in [6.45, 7) is 2.06. The maximum Gasteiger partial charge on any atom is 0.419 e. The van der Waals surface area contributed by atoms with Gasteiger partial charge in [-0.05, 0) is 47.9 Å². The lowest BCUT2D eigenvalue weighted by atomic mass is 10.1. The lowest BCUT2D eigenvalue weighted by molar-refractivity contribution is -0.138. The molecule has 0 bridgehead atoms. The molecule has 0 radical (unpaired) electrons. The van der Waals surface area contributed by atoms with Gasteiger partial charge in [0.25, 0.3) is 0 Å². The van der Waals surface area contributed by atoms with Crippen LogP contribution in [0.1, 0.15) is 22.3 Å². The van der Waals surface area contributed by atoms with Gasteiger partial charge in [0.15, 0.2) is 0 Å². The van der Waals surface area contributed by atoms with Gasteiger partial charge in [-0.2, -0.15) is 13.2 Å². The summed E-state index contributed by atoms with van der Waals surface area (Å²) in [5, 5.41) is 0.941. The molecule has 0 spiro atoms. The molecule has 4 rings (SSSR count). The second-order valence-electron chi connectivity index (χ2n) is 6.90. The van der Waals surface area contributed by atoms with Crippen LogP contribution in [0.5, 0.6) is 5.75 Å². The van der Waals surface area contributed by atoms with Crippen molar-refractivity contribution in [2.24, 2.45) is 0 Å². The van der Waals surface area contributed by atoms with E-state index in [0.717, 1.165) is 32.4 Å². The van der Waals surface area contributed by atoms with Crippen LogP contribution in [0.25, 0.3) is 32.9 Å². The fourth-order valence-corrected chi connectivity index (χ4v) is 4.20. The number of benzene rings is 3. The van der Waals surface area contributed by atoms with Crippen LogP contribution in [-0.4, -0.2) is 12.1 Å². The first kappa shape index (κ1) is 20.2. The van der Waals surface area contributed by atoms with Crippen molar-refractivity contribution in [1.29, 1.82) is 0 Å². The zero-order chi connectivity index (χ0) is 21.3. The lowest BCUT2D eigenvalue weighted by Crippen LogP contribution is -2.07. The first-order chi connectivity index (χ1) is 14.3. The molecule has 0 saturated heterocycles. The quantitative estimate of drug-likeness (QED) is 0.316. The minimum Gasteiger partial charge on any atom is -0.496 e. The summed E-state index contributed by atoms with van der Waals surface area (Å²) >= 11 is 1.64. The Labute approximate surface area is 176 Å². The molecule has 2 nitrogen and oxygen atoms in total. The molecule has 0 N–H and O–H groups in total. The third-order valence-corrected chi connectivity index (χ3v) is 5.77. The monoisotopic (exact) mass is 425 g/mol. The van der Waals surface area contributed by atoms with Gasteiger partial charge in [0.1, 0.15) is 10.8 Å². The third kappa shape index (κ3) is 4.24. The summed E-state index contributed by atoms with van der Waals surface area (Å²) in [5.74, 6) is -0.185. The molecule has 6 heteroatoms. The van der Waals surface area contributed by atoms with E-state index in [0.29, 0.717) is 5.56 Å². The van der Waals surface area contributed by atoms with Crippen molar-refractivity contribution in [2.45, 2.75) is 13.1 Å². The van der Waals surface area contributed by atoms with E-state index < -0.39 is 11.7 Å². The predicted molar refractivity (Wildman–Crippen MR) is 117 cm³/mol. The van der Waals surface area contributed by atoms with Gasteiger partial charge in [0, 0.05) is 5.56 Å². The molecule has 1 aromatic heterocycles. The van der Waals surface area contributed by atoms with Gasteiger partial charge in [-0.15, -0.1) is 11.3 Å². The lowest BCUT2D eigenvalue weighted by Gasteiger charge is -2.12. The van der Waals surface area contributed by atoms with E-state index in [1.165, 1.54) is 18.7 Å². The number of nitrogens with zero attached hydrogens (tertiary/aromatic N) is 1. The van der Waals surface area contributed by atoms with Crippen LogP contribution in [0.2, 0.25) is 0 Å².